The van der Waals surface area contributed by atoms with Crippen LogP contribution in [0.3, 0.4) is 0 Å². The molecule has 0 aromatic carbocycles. The molecule has 0 spiro atoms. The maximum atomic E-state index is 12.9. The normalized spacial score (nSPS) is 27.4. The summed E-state index contributed by atoms with van der Waals surface area (Å²) in [5.41, 5.74) is -1.31. The van der Waals surface area contributed by atoms with Gasteiger partial charge < -0.3 is 5.32 Å². The number of hydrogen-bond acceptors (Lipinski definition) is 1. The van der Waals surface area contributed by atoms with Gasteiger partial charge in [0.25, 0.3) is 0 Å². The number of rotatable bonds is 2. The minimum absolute atomic E-state index is 0.285. The molecule has 0 amide bonds. The van der Waals surface area contributed by atoms with Crippen molar-refractivity contribution in [3.8, 4) is 0 Å². The highest BCUT2D eigenvalue weighted by atomic mass is 19.4. The molecule has 4 heteroatoms. The quantitative estimate of drug-likeness (QED) is 0.755. The molecular weight excluding hydrogens is 203 g/mol. The fourth-order valence-corrected chi connectivity index (χ4v) is 2.85. The second-order valence-electron chi connectivity index (χ2n) is 5.03. The fourth-order valence-electron chi connectivity index (χ4n) is 2.85. The van der Waals surface area contributed by atoms with Gasteiger partial charge in [-0.15, -0.1) is 0 Å². The first-order chi connectivity index (χ1) is 7.04. The van der Waals surface area contributed by atoms with E-state index in [4.69, 9.17) is 0 Å². The summed E-state index contributed by atoms with van der Waals surface area (Å²) >= 11 is 0. The Kier molecular flexibility index (Phi) is 2.97. The Morgan fingerprint density at radius 3 is 2.13 bits per heavy atom. The predicted octanol–water partition coefficient (Wildman–Crippen LogP) is 3.11. The Bertz CT molecular complexity index is 214. The summed E-state index contributed by atoms with van der Waals surface area (Å²) in [5, 5.41) is 3.19. The number of piperidine rings is 1. The monoisotopic (exact) mass is 221 g/mol. The minimum Gasteiger partial charge on any atom is -0.317 e. The van der Waals surface area contributed by atoms with Gasteiger partial charge in [-0.1, -0.05) is 6.42 Å². The Labute approximate surface area is 88.4 Å². The third-order valence-corrected chi connectivity index (χ3v) is 4.05. The maximum absolute atomic E-state index is 12.9. The second-order valence-corrected chi connectivity index (χ2v) is 5.03. The van der Waals surface area contributed by atoms with Crippen molar-refractivity contribution in [1.82, 2.24) is 5.32 Å². The van der Waals surface area contributed by atoms with Crippen LogP contribution in [-0.4, -0.2) is 19.3 Å². The lowest BCUT2D eigenvalue weighted by Crippen LogP contribution is -2.46. The Morgan fingerprint density at radius 2 is 1.73 bits per heavy atom. The smallest absolute Gasteiger partial charge is 0.317 e. The third-order valence-electron chi connectivity index (χ3n) is 4.05. The average molecular weight is 221 g/mol. The van der Waals surface area contributed by atoms with E-state index in [0.29, 0.717) is 19.3 Å². The fraction of sp³-hybridized carbons (Fsp3) is 1.00. The van der Waals surface area contributed by atoms with Gasteiger partial charge in [0, 0.05) is 0 Å². The van der Waals surface area contributed by atoms with Gasteiger partial charge in [0.05, 0.1) is 5.41 Å². The summed E-state index contributed by atoms with van der Waals surface area (Å²) in [6, 6.07) is 0. The summed E-state index contributed by atoms with van der Waals surface area (Å²) in [4.78, 5) is 0. The van der Waals surface area contributed by atoms with Crippen molar-refractivity contribution in [3.05, 3.63) is 0 Å². The molecule has 2 fully saturated rings. The molecule has 1 aliphatic carbocycles. The van der Waals surface area contributed by atoms with E-state index in [2.05, 4.69) is 5.32 Å². The largest absolute Gasteiger partial charge is 0.394 e. The second kappa shape index (κ2) is 3.96. The van der Waals surface area contributed by atoms with Crippen LogP contribution in [-0.2, 0) is 0 Å². The highest BCUT2D eigenvalue weighted by molar-refractivity contribution is 4.95. The van der Waals surface area contributed by atoms with Gasteiger partial charge in [-0.25, -0.2) is 0 Å². The van der Waals surface area contributed by atoms with Crippen LogP contribution in [0.15, 0.2) is 0 Å². The van der Waals surface area contributed by atoms with Crippen molar-refractivity contribution in [1.29, 1.82) is 0 Å². The van der Waals surface area contributed by atoms with Crippen LogP contribution < -0.4 is 5.32 Å². The molecule has 15 heavy (non-hydrogen) atoms. The van der Waals surface area contributed by atoms with Crippen LogP contribution in [0.5, 0.6) is 0 Å². The summed E-state index contributed by atoms with van der Waals surface area (Å²) < 4.78 is 38.7. The molecule has 2 rings (SSSR count). The van der Waals surface area contributed by atoms with Crippen LogP contribution in [0.25, 0.3) is 0 Å². The van der Waals surface area contributed by atoms with E-state index in [-0.39, 0.29) is 5.92 Å². The molecule has 0 unspecified atom stereocenters. The SMILES string of the molecule is FC(F)(F)C1(CC2CCNCC2)CCC1. The van der Waals surface area contributed by atoms with E-state index in [1.54, 1.807) is 0 Å². The molecule has 1 aliphatic heterocycles. The molecule has 1 saturated carbocycles. The van der Waals surface area contributed by atoms with Gasteiger partial charge in [0.15, 0.2) is 0 Å². The lowest BCUT2D eigenvalue weighted by atomic mass is 9.62. The molecule has 1 N–H and O–H groups in total. The molecular formula is C11H18F3N. The highest BCUT2D eigenvalue weighted by Gasteiger charge is 2.58. The molecule has 1 nitrogen and oxygen atoms in total. The van der Waals surface area contributed by atoms with E-state index in [9.17, 15) is 13.2 Å². The Hall–Kier alpha value is -0.250. The lowest BCUT2D eigenvalue weighted by Gasteiger charge is -2.45. The lowest BCUT2D eigenvalue weighted by molar-refractivity contribution is -0.257. The van der Waals surface area contributed by atoms with Gasteiger partial charge in [-0.05, 0) is 51.1 Å². The minimum atomic E-state index is -3.98. The molecule has 1 saturated heterocycles. The third kappa shape index (κ3) is 2.14. The molecule has 0 radical (unpaired) electrons. The number of nitrogens with one attached hydrogen (secondary N) is 1. The van der Waals surface area contributed by atoms with Crippen LogP contribution in [0.2, 0.25) is 0 Å². The zero-order chi connectivity index (χ0) is 10.9. The Balaban J connectivity index is 1.95. The summed E-state index contributed by atoms with van der Waals surface area (Å²) in [6.45, 7) is 1.78. The van der Waals surface area contributed by atoms with E-state index in [1.165, 1.54) is 0 Å². The zero-order valence-corrected chi connectivity index (χ0v) is 8.87. The molecule has 0 aromatic heterocycles. The first kappa shape index (κ1) is 11.2. The van der Waals surface area contributed by atoms with E-state index >= 15 is 0 Å². The van der Waals surface area contributed by atoms with Crippen molar-refractivity contribution in [3.63, 3.8) is 0 Å². The molecule has 88 valence electrons. The standard InChI is InChI=1S/C11H18F3N/c12-11(13,14)10(4-1-5-10)8-9-2-6-15-7-3-9/h9,15H,1-8H2. The van der Waals surface area contributed by atoms with E-state index in [0.717, 1.165) is 32.4 Å². The van der Waals surface area contributed by atoms with Crippen LogP contribution in [0.1, 0.15) is 38.5 Å². The topological polar surface area (TPSA) is 12.0 Å². The van der Waals surface area contributed by atoms with Crippen molar-refractivity contribution >= 4 is 0 Å². The molecule has 0 atom stereocenters. The van der Waals surface area contributed by atoms with Crippen molar-refractivity contribution in [2.75, 3.05) is 13.1 Å². The first-order valence-electron chi connectivity index (χ1n) is 5.81. The zero-order valence-electron chi connectivity index (χ0n) is 8.87. The van der Waals surface area contributed by atoms with Crippen LogP contribution >= 0.6 is 0 Å². The average Bonchev–Trinajstić information content (AvgIpc) is 2.11. The number of hydrogen-bond donors (Lipinski definition) is 1. The summed E-state index contributed by atoms with van der Waals surface area (Å²) in [6.07, 6.45) is -0.296. The van der Waals surface area contributed by atoms with Crippen molar-refractivity contribution in [2.24, 2.45) is 11.3 Å². The van der Waals surface area contributed by atoms with Gasteiger partial charge in [-0.3, -0.25) is 0 Å². The number of halogens is 3. The highest BCUT2D eigenvalue weighted by Crippen LogP contribution is 2.57. The number of alkyl halides is 3. The van der Waals surface area contributed by atoms with Crippen molar-refractivity contribution in [2.45, 2.75) is 44.7 Å². The van der Waals surface area contributed by atoms with Gasteiger partial charge in [0.2, 0.25) is 0 Å². The van der Waals surface area contributed by atoms with Crippen LogP contribution in [0, 0.1) is 11.3 Å². The summed E-state index contributed by atoms with van der Waals surface area (Å²) in [5.74, 6) is 0.285. The molecule has 0 aromatic rings. The van der Waals surface area contributed by atoms with E-state index in [1.807, 2.05) is 0 Å². The maximum Gasteiger partial charge on any atom is 0.394 e. The van der Waals surface area contributed by atoms with E-state index < -0.39 is 11.6 Å². The van der Waals surface area contributed by atoms with Gasteiger partial charge in [0.1, 0.15) is 0 Å². The van der Waals surface area contributed by atoms with Gasteiger partial charge in [-0.2, -0.15) is 13.2 Å². The molecule has 2 aliphatic rings. The van der Waals surface area contributed by atoms with Crippen LogP contribution in [0.4, 0.5) is 13.2 Å². The predicted molar refractivity (Wildman–Crippen MR) is 52.5 cm³/mol. The molecule has 0 bridgehead atoms. The van der Waals surface area contributed by atoms with Crippen molar-refractivity contribution < 1.29 is 13.2 Å². The Morgan fingerprint density at radius 1 is 1.13 bits per heavy atom. The first-order valence-corrected chi connectivity index (χ1v) is 5.81. The summed E-state index contributed by atoms with van der Waals surface area (Å²) in [7, 11) is 0. The molecule has 1 heterocycles. The van der Waals surface area contributed by atoms with Gasteiger partial charge >= 0.3 is 6.18 Å².